The summed E-state index contributed by atoms with van der Waals surface area (Å²) < 4.78 is 24.1. The molecular weight excluding hydrogens is 497 g/mol. The third-order valence-corrected chi connectivity index (χ3v) is 5.38. The Morgan fingerprint density at radius 2 is 1.57 bits per heavy atom. The Balaban J connectivity index is 1.47. The van der Waals surface area contributed by atoms with E-state index in [-0.39, 0.29) is 18.3 Å². The maximum absolute atomic E-state index is 13.0. The fourth-order valence-electron chi connectivity index (χ4n) is 3.26. The first-order valence-electron chi connectivity index (χ1n) is 11.8. The van der Waals surface area contributed by atoms with Crippen molar-refractivity contribution in [3.05, 3.63) is 94.8 Å². The third kappa shape index (κ3) is 9.93. The van der Waals surface area contributed by atoms with E-state index < -0.39 is 17.9 Å². The summed E-state index contributed by atoms with van der Waals surface area (Å²) in [5.41, 5.74) is 4.09. The lowest BCUT2D eigenvalue weighted by atomic mass is 10.0. The fraction of sp³-hybridized carbons (Fsp3) is 0.250. The molecule has 0 heterocycles. The molecule has 2 N–H and O–H groups in total. The number of carbonyl (C=O) groups is 2. The van der Waals surface area contributed by atoms with Crippen molar-refractivity contribution in [3.8, 4) is 11.5 Å². The molecule has 0 saturated heterocycles. The van der Waals surface area contributed by atoms with Gasteiger partial charge in [-0.2, -0.15) is 5.10 Å². The molecule has 194 valence electrons. The van der Waals surface area contributed by atoms with E-state index in [1.807, 2.05) is 13.8 Å². The van der Waals surface area contributed by atoms with Gasteiger partial charge in [0.25, 0.3) is 11.8 Å². The molecule has 1 atom stereocenters. The fourth-order valence-corrected chi connectivity index (χ4v) is 3.39. The molecule has 3 aromatic rings. The van der Waals surface area contributed by atoms with Crippen LogP contribution in [0.2, 0.25) is 5.02 Å². The molecule has 3 rings (SSSR count). The lowest BCUT2D eigenvalue weighted by Gasteiger charge is -2.19. The predicted molar refractivity (Wildman–Crippen MR) is 141 cm³/mol. The zero-order valence-electron chi connectivity index (χ0n) is 20.6. The zero-order chi connectivity index (χ0) is 26.6. The van der Waals surface area contributed by atoms with E-state index in [1.165, 1.54) is 18.3 Å². The smallest absolute Gasteiger partial charge is 0.262 e. The molecule has 7 nitrogen and oxygen atoms in total. The number of nitrogens with zero attached hydrogens (tertiary/aromatic N) is 1. The SMILES string of the molecule is CC(C)C[C@@H](NC(=O)COc1ccc(Cl)cc1)C(=O)N/N=C\c1ccc(OCc2ccc(F)cc2)cc1. The molecule has 0 fully saturated rings. The van der Waals surface area contributed by atoms with Crippen LogP contribution in [-0.4, -0.2) is 30.7 Å². The highest BCUT2D eigenvalue weighted by Gasteiger charge is 2.22. The first-order valence-corrected chi connectivity index (χ1v) is 12.1. The Labute approximate surface area is 220 Å². The van der Waals surface area contributed by atoms with Gasteiger partial charge in [0.2, 0.25) is 0 Å². The predicted octanol–water partition coefficient (Wildman–Crippen LogP) is 5.12. The van der Waals surface area contributed by atoms with Crippen molar-refractivity contribution in [2.24, 2.45) is 11.0 Å². The summed E-state index contributed by atoms with van der Waals surface area (Å²) in [6.45, 7) is 4.00. The minimum absolute atomic E-state index is 0.166. The van der Waals surface area contributed by atoms with Crippen molar-refractivity contribution in [2.75, 3.05) is 6.61 Å². The van der Waals surface area contributed by atoms with Crippen molar-refractivity contribution in [1.82, 2.24) is 10.7 Å². The van der Waals surface area contributed by atoms with E-state index in [4.69, 9.17) is 21.1 Å². The second-order valence-electron chi connectivity index (χ2n) is 8.71. The van der Waals surface area contributed by atoms with Gasteiger partial charge < -0.3 is 14.8 Å². The van der Waals surface area contributed by atoms with E-state index in [0.717, 1.165) is 11.1 Å². The minimum Gasteiger partial charge on any atom is -0.489 e. The third-order valence-electron chi connectivity index (χ3n) is 5.13. The topological polar surface area (TPSA) is 89.0 Å². The standard InChI is InChI=1S/C28H29ClFN3O4/c1-19(2)15-26(32-27(34)18-37-25-13-7-22(29)8-14-25)28(35)33-31-16-20-5-11-24(12-6-20)36-17-21-3-9-23(30)10-4-21/h3-14,16,19,26H,15,17-18H2,1-2H3,(H,32,34)(H,33,35)/b31-16-/t26-/m1/s1. The van der Waals surface area contributed by atoms with E-state index in [2.05, 4.69) is 15.8 Å². The van der Waals surface area contributed by atoms with Gasteiger partial charge in [0, 0.05) is 5.02 Å². The highest BCUT2D eigenvalue weighted by atomic mass is 35.5. The number of hydrogen-bond acceptors (Lipinski definition) is 5. The molecule has 0 aliphatic heterocycles. The summed E-state index contributed by atoms with van der Waals surface area (Å²) >= 11 is 5.85. The summed E-state index contributed by atoms with van der Waals surface area (Å²) in [6, 6.07) is 19.1. The highest BCUT2D eigenvalue weighted by molar-refractivity contribution is 6.30. The van der Waals surface area contributed by atoms with Crippen LogP contribution in [0.4, 0.5) is 4.39 Å². The van der Waals surface area contributed by atoms with Gasteiger partial charge in [-0.1, -0.05) is 37.6 Å². The molecule has 2 amide bonds. The van der Waals surface area contributed by atoms with Crippen molar-refractivity contribution >= 4 is 29.6 Å². The molecular formula is C28H29ClFN3O4. The first-order chi connectivity index (χ1) is 17.8. The van der Waals surface area contributed by atoms with Gasteiger partial charge in [0.05, 0.1) is 6.21 Å². The Morgan fingerprint density at radius 3 is 2.22 bits per heavy atom. The number of halogens is 2. The Morgan fingerprint density at radius 1 is 0.946 bits per heavy atom. The number of hydrazone groups is 1. The number of ether oxygens (including phenoxy) is 2. The zero-order valence-corrected chi connectivity index (χ0v) is 21.4. The lowest BCUT2D eigenvalue weighted by Crippen LogP contribution is -2.47. The van der Waals surface area contributed by atoms with Gasteiger partial charge in [0.1, 0.15) is 30.0 Å². The van der Waals surface area contributed by atoms with Crippen LogP contribution in [0.1, 0.15) is 31.4 Å². The van der Waals surface area contributed by atoms with Crippen molar-refractivity contribution < 1.29 is 23.5 Å². The maximum Gasteiger partial charge on any atom is 0.262 e. The van der Waals surface area contributed by atoms with Crippen molar-refractivity contribution in [2.45, 2.75) is 32.9 Å². The van der Waals surface area contributed by atoms with Crippen molar-refractivity contribution in [3.63, 3.8) is 0 Å². The van der Waals surface area contributed by atoms with Gasteiger partial charge in [-0.3, -0.25) is 9.59 Å². The number of nitrogens with one attached hydrogen (secondary N) is 2. The lowest BCUT2D eigenvalue weighted by molar-refractivity contribution is -0.130. The molecule has 0 aliphatic carbocycles. The number of benzene rings is 3. The van der Waals surface area contributed by atoms with Gasteiger partial charge >= 0.3 is 0 Å². The minimum atomic E-state index is -0.763. The van der Waals surface area contributed by atoms with Gasteiger partial charge in [-0.15, -0.1) is 0 Å². The molecule has 0 spiro atoms. The maximum atomic E-state index is 13.0. The van der Waals surface area contributed by atoms with Crippen LogP contribution < -0.4 is 20.2 Å². The molecule has 0 unspecified atom stereocenters. The van der Waals surface area contributed by atoms with Crippen molar-refractivity contribution in [1.29, 1.82) is 0 Å². The summed E-state index contributed by atoms with van der Waals surface area (Å²) in [5, 5.41) is 7.28. The van der Waals surface area contributed by atoms with Crippen LogP contribution in [0.15, 0.2) is 77.9 Å². The molecule has 37 heavy (non-hydrogen) atoms. The van der Waals surface area contributed by atoms with Crippen LogP contribution in [-0.2, 0) is 16.2 Å². The number of carbonyl (C=O) groups excluding carboxylic acids is 2. The summed E-state index contributed by atoms with van der Waals surface area (Å²) in [6.07, 6.45) is 1.94. The largest absolute Gasteiger partial charge is 0.489 e. The molecule has 9 heteroatoms. The second kappa shape index (κ2) is 14.0. The number of hydrogen-bond donors (Lipinski definition) is 2. The van der Waals surface area contributed by atoms with Crippen LogP contribution in [0, 0.1) is 11.7 Å². The average Bonchev–Trinajstić information content (AvgIpc) is 2.88. The van der Waals surface area contributed by atoms with Gasteiger partial charge in [0.15, 0.2) is 6.61 Å². The Bertz CT molecular complexity index is 1180. The molecule has 0 bridgehead atoms. The monoisotopic (exact) mass is 525 g/mol. The van der Waals surface area contributed by atoms with Crippen LogP contribution >= 0.6 is 11.6 Å². The summed E-state index contributed by atoms with van der Waals surface area (Å²) in [5.74, 6) is 0.173. The van der Waals surface area contributed by atoms with E-state index in [9.17, 15) is 14.0 Å². The summed E-state index contributed by atoms with van der Waals surface area (Å²) in [7, 11) is 0. The number of amides is 2. The highest BCUT2D eigenvalue weighted by Crippen LogP contribution is 2.16. The summed E-state index contributed by atoms with van der Waals surface area (Å²) in [4.78, 5) is 25.0. The van der Waals surface area contributed by atoms with Crippen LogP contribution in [0.3, 0.4) is 0 Å². The Hall–Kier alpha value is -3.91. The molecule has 0 radical (unpaired) electrons. The molecule has 0 aromatic heterocycles. The van der Waals surface area contributed by atoms with Gasteiger partial charge in [-0.25, -0.2) is 9.82 Å². The number of rotatable bonds is 12. The second-order valence-corrected chi connectivity index (χ2v) is 9.15. The normalized spacial score (nSPS) is 11.8. The quantitative estimate of drug-likeness (QED) is 0.254. The Kier molecular flexibility index (Phi) is 10.5. The van der Waals surface area contributed by atoms with Crippen LogP contribution in [0.25, 0.3) is 0 Å². The van der Waals surface area contributed by atoms with E-state index in [1.54, 1.807) is 60.7 Å². The van der Waals surface area contributed by atoms with E-state index in [0.29, 0.717) is 29.5 Å². The van der Waals surface area contributed by atoms with Crippen LogP contribution in [0.5, 0.6) is 11.5 Å². The molecule has 3 aromatic carbocycles. The molecule has 0 aliphatic rings. The molecule has 0 saturated carbocycles. The first kappa shape index (κ1) is 27.7. The van der Waals surface area contributed by atoms with E-state index >= 15 is 0 Å². The van der Waals surface area contributed by atoms with Gasteiger partial charge in [-0.05, 0) is 84.1 Å². The average molecular weight is 526 g/mol.